The fourth-order valence-electron chi connectivity index (χ4n) is 2.36. The Morgan fingerprint density at radius 3 is 2.35 bits per heavy atom. The number of rotatable bonds is 3. The van der Waals surface area contributed by atoms with Gasteiger partial charge in [-0.2, -0.15) is 5.10 Å². The Hall–Kier alpha value is -1.61. The fraction of sp³-hybridized carbons (Fsp3) is 0.357. The van der Waals surface area contributed by atoms with Gasteiger partial charge in [-0.3, -0.25) is 5.10 Å². The van der Waals surface area contributed by atoms with Crippen LogP contribution in [-0.2, 0) is 6.42 Å². The summed E-state index contributed by atoms with van der Waals surface area (Å²) in [7, 11) is 0. The molecule has 0 radical (unpaired) electrons. The lowest BCUT2D eigenvalue weighted by molar-refractivity contribution is 0.902. The number of H-pyrrole nitrogens is 1. The third kappa shape index (κ3) is 2.39. The molecule has 0 spiro atoms. The molecular formula is C14H19N3. The Balaban J connectivity index is 2.45. The van der Waals surface area contributed by atoms with Gasteiger partial charge in [-0.25, -0.2) is 0 Å². The van der Waals surface area contributed by atoms with Crippen molar-refractivity contribution in [2.45, 2.75) is 27.2 Å². The van der Waals surface area contributed by atoms with Crippen LogP contribution in [0.4, 0.5) is 0 Å². The second-order valence-electron chi connectivity index (χ2n) is 4.59. The van der Waals surface area contributed by atoms with Crippen LogP contribution in [0.3, 0.4) is 0 Å². The molecule has 17 heavy (non-hydrogen) atoms. The average Bonchev–Trinajstić information content (AvgIpc) is 2.65. The Kier molecular flexibility index (Phi) is 3.29. The molecule has 0 bridgehead atoms. The van der Waals surface area contributed by atoms with E-state index >= 15 is 0 Å². The number of aromatic nitrogens is 2. The van der Waals surface area contributed by atoms with E-state index < -0.39 is 0 Å². The number of aromatic amines is 1. The van der Waals surface area contributed by atoms with Crippen molar-refractivity contribution in [3.63, 3.8) is 0 Å². The van der Waals surface area contributed by atoms with Crippen LogP contribution in [0.15, 0.2) is 18.2 Å². The Bertz CT molecular complexity index is 503. The molecule has 2 rings (SSSR count). The maximum absolute atomic E-state index is 5.54. The summed E-state index contributed by atoms with van der Waals surface area (Å²) in [6.07, 6.45) is 0.844. The maximum Gasteiger partial charge on any atom is 0.0928 e. The normalized spacial score (nSPS) is 10.8. The quantitative estimate of drug-likeness (QED) is 0.849. The topological polar surface area (TPSA) is 54.7 Å². The number of hydrogen-bond acceptors (Lipinski definition) is 2. The van der Waals surface area contributed by atoms with E-state index in [2.05, 4.69) is 49.2 Å². The highest BCUT2D eigenvalue weighted by atomic mass is 15.1. The molecule has 2 aromatic rings. The summed E-state index contributed by atoms with van der Waals surface area (Å²) in [4.78, 5) is 0. The van der Waals surface area contributed by atoms with E-state index in [1.54, 1.807) is 0 Å². The summed E-state index contributed by atoms with van der Waals surface area (Å²) >= 11 is 0. The summed E-state index contributed by atoms with van der Waals surface area (Å²) in [6.45, 7) is 7.03. The van der Waals surface area contributed by atoms with E-state index in [1.165, 1.54) is 22.3 Å². The molecule has 0 aliphatic heterocycles. The van der Waals surface area contributed by atoms with E-state index in [0.717, 1.165) is 17.8 Å². The molecule has 0 fully saturated rings. The van der Waals surface area contributed by atoms with Crippen LogP contribution in [0.25, 0.3) is 11.3 Å². The number of aryl methyl sites for hydroxylation is 3. The summed E-state index contributed by atoms with van der Waals surface area (Å²) < 4.78 is 0. The van der Waals surface area contributed by atoms with Crippen molar-refractivity contribution in [3.05, 3.63) is 40.6 Å². The van der Waals surface area contributed by atoms with Crippen LogP contribution in [0, 0.1) is 20.8 Å². The minimum Gasteiger partial charge on any atom is -0.330 e. The van der Waals surface area contributed by atoms with E-state index in [9.17, 15) is 0 Å². The molecule has 0 aliphatic carbocycles. The van der Waals surface area contributed by atoms with Gasteiger partial charge in [0.25, 0.3) is 0 Å². The lowest BCUT2D eigenvalue weighted by atomic mass is 9.97. The van der Waals surface area contributed by atoms with Gasteiger partial charge >= 0.3 is 0 Å². The first kappa shape index (κ1) is 11.9. The van der Waals surface area contributed by atoms with Crippen LogP contribution < -0.4 is 5.73 Å². The molecule has 0 amide bonds. The highest BCUT2D eigenvalue weighted by Gasteiger charge is 2.10. The molecule has 1 aromatic heterocycles. The molecule has 0 saturated carbocycles. The Morgan fingerprint density at radius 1 is 1.12 bits per heavy atom. The monoisotopic (exact) mass is 229 g/mol. The van der Waals surface area contributed by atoms with E-state index in [-0.39, 0.29) is 0 Å². The zero-order valence-corrected chi connectivity index (χ0v) is 10.7. The Labute approximate surface area is 102 Å². The molecule has 0 atom stereocenters. The maximum atomic E-state index is 5.54. The van der Waals surface area contributed by atoms with E-state index in [1.807, 2.05) is 0 Å². The van der Waals surface area contributed by atoms with Crippen molar-refractivity contribution in [3.8, 4) is 11.3 Å². The summed E-state index contributed by atoms with van der Waals surface area (Å²) in [6, 6.07) is 6.48. The molecule has 3 N–H and O–H groups in total. The van der Waals surface area contributed by atoms with Crippen molar-refractivity contribution in [1.82, 2.24) is 10.2 Å². The molecule has 0 aliphatic rings. The summed E-state index contributed by atoms with van der Waals surface area (Å²) in [5.74, 6) is 0. The van der Waals surface area contributed by atoms with Gasteiger partial charge in [0.2, 0.25) is 0 Å². The predicted molar refractivity (Wildman–Crippen MR) is 71.0 cm³/mol. The molecule has 1 aromatic carbocycles. The third-order valence-corrected chi connectivity index (χ3v) is 2.98. The standard InChI is InChI=1S/C14H19N3/c1-9-6-10(2)14(11(3)7-9)13-8-12(4-5-15)16-17-13/h6-8H,4-5,15H2,1-3H3,(H,16,17). The number of nitrogens with one attached hydrogen (secondary N) is 1. The fourth-order valence-corrected chi connectivity index (χ4v) is 2.36. The zero-order valence-electron chi connectivity index (χ0n) is 10.7. The highest BCUT2D eigenvalue weighted by Crippen LogP contribution is 2.27. The largest absolute Gasteiger partial charge is 0.330 e. The number of benzene rings is 1. The lowest BCUT2D eigenvalue weighted by Gasteiger charge is -2.08. The predicted octanol–water partition coefficient (Wildman–Crippen LogP) is 2.50. The van der Waals surface area contributed by atoms with Gasteiger partial charge in [-0.05, 0) is 44.5 Å². The van der Waals surface area contributed by atoms with Crippen LogP contribution in [0.2, 0.25) is 0 Å². The molecule has 3 nitrogen and oxygen atoms in total. The van der Waals surface area contributed by atoms with Crippen molar-refractivity contribution < 1.29 is 0 Å². The first-order valence-corrected chi connectivity index (χ1v) is 5.94. The molecule has 0 unspecified atom stereocenters. The van der Waals surface area contributed by atoms with Gasteiger partial charge in [0.1, 0.15) is 0 Å². The van der Waals surface area contributed by atoms with Gasteiger partial charge in [-0.1, -0.05) is 17.7 Å². The summed E-state index contributed by atoms with van der Waals surface area (Å²) in [5, 5.41) is 7.42. The van der Waals surface area contributed by atoms with Gasteiger partial charge in [-0.15, -0.1) is 0 Å². The molecule has 1 heterocycles. The second kappa shape index (κ2) is 4.72. The van der Waals surface area contributed by atoms with Gasteiger partial charge in [0, 0.05) is 17.7 Å². The second-order valence-corrected chi connectivity index (χ2v) is 4.59. The number of nitrogens with two attached hydrogens (primary N) is 1. The lowest BCUT2D eigenvalue weighted by Crippen LogP contribution is -2.02. The van der Waals surface area contributed by atoms with Crippen LogP contribution in [0.1, 0.15) is 22.4 Å². The van der Waals surface area contributed by atoms with Crippen molar-refractivity contribution >= 4 is 0 Å². The zero-order chi connectivity index (χ0) is 12.4. The molecule has 90 valence electrons. The average molecular weight is 229 g/mol. The van der Waals surface area contributed by atoms with Crippen LogP contribution >= 0.6 is 0 Å². The van der Waals surface area contributed by atoms with Gasteiger partial charge < -0.3 is 5.73 Å². The summed E-state index contributed by atoms with van der Waals surface area (Å²) in [5.41, 5.74) is 12.7. The SMILES string of the molecule is Cc1cc(C)c(-c2cc(CCN)[nH]n2)c(C)c1. The van der Waals surface area contributed by atoms with Crippen molar-refractivity contribution in [1.29, 1.82) is 0 Å². The number of hydrogen-bond donors (Lipinski definition) is 2. The van der Waals surface area contributed by atoms with Gasteiger partial charge in [0.15, 0.2) is 0 Å². The third-order valence-electron chi connectivity index (χ3n) is 2.98. The van der Waals surface area contributed by atoms with E-state index in [4.69, 9.17) is 5.73 Å². The van der Waals surface area contributed by atoms with Crippen molar-refractivity contribution in [2.24, 2.45) is 5.73 Å². The smallest absolute Gasteiger partial charge is 0.0928 e. The van der Waals surface area contributed by atoms with Gasteiger partial charge in [0.05, 0.1) is 5.69 Å². The molecular weight excluding hydrogens is 210 g/mol. The van der Waals surface area contributed by atoms with Crippen LogP contribution in [-0.4, -0.2) is 16.7 Å². The highest BCUT2D eigenvalue weighted by molar-refractivity contribution is 5.68. The minimum atomic E-state index is 0.646. The first-order chi connectivity index (χ1) is 8.11. The molecule has 3 heteroatoms. The number of nitrogens with zero attached hydrogens (tertiary/aromatic N) is 1. The van der Waals surface area contributed by atoms with Crippen LogP contribution in [0.5, 0.6) is 0 Å². The minimum absolute atomic E-state index is 0.646. The molecule has 0 saturated heterocycles. The Morgan fingerprint density at radius 2 is 1.76 bits per heavy atom. The first-order valence-electron chi connectivity index (χ1n) is 5.94. The van der Waals surface area contributed by atoms with E-state index in [0.29, 0.717) is 6.54 Å². The van der Waals surface area contributed by atoms with Crippen molar-refractivity contribution in [2.75, 3.05) is 6.54 Å².